The van der Waals surface area contributed by atoms with E-state index in [2.05, 4.69) is 4.74 Å². The summed E-state index contributed by atoms with van der Waals surface area (Å²) in [4.78, 5) is 24.7. The van der Waals surface area contributed by atoms with Gasteiger partial charge >= 0.3 is 5.97 Å². The molecule has 6 heteroatoms. The highest BCUT2D eigenvalue weighted by Gasteiger charge is 2.69. The zero-order valence-electron chi connectivity index (χ0n) is 10.6. The Morgan fingerprint density at radius 2 is 1.82 bits per heavy atom. The molecule has 6 nitrogen and oxygen atoms in total. The zero-order chi connectivity index (χ0) is 13.0. The molecular weight excluding hydrogens is 226 g/mol. The molecule has 0 bridgehead atoms. The molecule has 2 rings (SSSR count). The van der Waals surface area contributed by atoms with Crippen molar-refractivity contribution >= 4 is 11.9 Å². The molecule has 2 aliphatic heterocycles. The molecule has 0 saturated carbocycles. The van der Waals surface area contributed by atoms with Crippen LogP contribution in [0.3, 0.4) is 0 Å². The van der Waals surface area contributed by atoms with E-state index in [1.165, 1.54) is 18.9 Å². The fourth-order valence-electron chi connectivity index (χ4n) is 2.54. The molecule has 0 aromatic carbocycles. The highest BCUT2D eigenvalue weighted by Crippen LogP contribution is 2.47. The van der Waals surface area contributed by atoms with Crippen molar-refractivity contribution < 1.29 is 23.8 Å². The van der Waals surface area contributed by atoms with Gasteiger partial charge in [-0.2, -0.15) is 0 Å². The first-order valence-corrected chi connectivity index (χ1v) is 5.48. The Kier molecular flexibility index (Phi) is 2.48. The number of esters is 1. The Bertz CT molecular complexity index is 380. The predicted molar refractivity (Wildman–Crippen MR) is 56.8 cm³/mol. The molecule has 0 aromatic heterocycles. The monoisotopic (exact) mass is 243 g/mol. The van der Waals surface area contributed by atoms with Crippen molar-refractivity contribution in [3.63, 3.8) is 0 Å². The summed E-state index contributed by atoms with van der Waals surface area (Å²) in [6.45, 7) is 6.60. The van der Waals surface area contributed by atoms with Crippen LogP contribution in [0.25, 0.3) is 0 Å². The van der Waals surface area contributed by atoms with E-state index in [9.17, 15) is 9.59 Å². The minimum atomic E-state index is -1.12. The van der Waals surface area contributed by atoms with Crippen LogP contribution in [0.5, 0.6) is 0 Å². The molecule has 0 radical (unpaired) electrons. The van der Waals surface area contributed by atoms with Crippen molar-refractivity contribution in [3.8, 4) is 0 Å². The van der Waals surface area contributed by atoms with E-state index in [0.717, 1.165) is 0 Å². The number of ether oxygens (including phenoxy) is 3. The molecule has 0 aliphatic carbocycles. The van der Waals surface area contributed by atoms with E-state index in [1.807, 2.05) is 0 Å². The molecule has 0 N–H and O–H groups in total. The van der Waals surface area contributed by atoms with Crippen LogP contribution in [0.2, 0.25) is 0 Å². The molecule has 2 aliphatic rings. The fraction of sp³-hybridized carbons (Fsp3) is 0.818. The van der Waals surface area contributed by atoms with Crippen molar-refractivity contribution in [1.82, 2.24) is 4.90 Å². The zero-order valence-corrected chi connectivity index (χ0v) is 10.6. The molecule has 2 heterocycles. The van der Waals surface area contributed by atoms with Gasteiger partial charge in [0.1, 0.15) is 11.8 Å². The van der Waals surface area contributed by atoms with E-state index in [-0.39, 0.29) is 5.91 Å². The number of hydrogen-bond donors (Lipinski definition) is 0. The van der Waals surface area contributed by atoms with Crippen molar-refractivity contribution in [3.05, 3.63) is 0 Å². The number of carbonyl (C=O) groups excluding carboxylic acids is 2. The molecule has 17 heavy (non-hydrogen) atoms. The molecule has 0 unspecified atom stereocenters. The van der Waals surface area contributed by atoms with Crippen LogP contribution in [0, 0.1) is 0 Å². The van der Waals surface area contributed by atoms with Gasteiger partial charge in [0.05, 0.1) is 7.11 Å². The maximum absolute atomic E-state index is 11.6. The Hall–Kier alpha value is -1.14. The van der Waals surface area contributed by atoms with Crippen LogP contribution in [-0.4, -0.2) is 47.5 Å². The van der Waals surface area contributed by atoms with Gasteiger partial charge in [0, 0.05) is 6.92 Å². The lowest BCUT2D eigenvalue weighted by atomic mass is 9.91. The highest BCUT2D eigenvalue weighted by atomic mass is 16.7. The molecule has 0 spiro atoms. The Labute approximate surface area is 99.8 Å². The molecule has 2 fully saturated rings. The number of methoxy groups -OCH3 is 1. The Morgan fingerprint density at radius 3 is 2.29 bits per heavy atom. The first-order chi connectivity index (χ1) is 7.74. The smallest absolute Gasteiger partial charge is 0.340 e. The number of rotatable bonds is 1. The van der Waals surface area contributed by atoms with Gasteiger partial charge in [0.2, 0.25) is 5.91 Å². The number of fused-ring (bicyclic) bond motifs is 1. The van der Waals surface area contributed by atoms with Crippen LogP contribution in [0.1, 0.15) is 27.7 Å². The average Bonchev–Trinajstić information content (AvgIpc) is 2.45. The van der Waals surface area contributed by atoms with Crippen molar-refractivity contribution in [2.75, 3.05) is 7.11 Å². The SMILES string of the molecule is COC(=O)[C@]1(C)O[C@H]2[C@@H]1OC(C)(C)N2C(C)=O. The second kappa shape index (κ2) is 3.43. The molecule has 2 saturated heterocycles. The third-order valence-electron chi connectivity index (χ3n) is 3.35. The first-order valence-electron chi connectivity index (χ1n) is 5.48. The van der Waals surface area contributed by atoms with Crippen LogP contribution in [-0.2, 0) is 23.8 Å². The van der Waals surface area contributed by atoms with Crippen LogP contribution < -0.4 is 0 Å². The van der Waals surface area contributed by atoms with Gasteiger partial charge < -0.3 is 14.2 Å². The van der Waals surface area contributed by atoms with Gasteiger partial charge in [0.15, 0.2) is 11.8 Å². The minimum absolute atomic E-state index is 0.144. The lowest BCUT2D eigenvalue weighted by Gasteiger charge is -2.47. The van der Waals surface area contributed by atoms with Gasteiger partial charge in [-0.3, -0.25) is 9.69 Å². The molecule has 1 amide bonds. The standard InChI is InChI=1S/C11H17NO5/c1-6(13)12-8-7(16-10(12,2)3)11(4,17-8)9(14)15-5/h7-8H,1-5H3/t7-,8-,11+/m0/s1. The van der Waals surface area contributed by atoms with Gasteiger partial charge in [-0.15, -0.1) is 0 Å². The number of hydrogen-bond acceptors (Lipinski definition) is 5. The number of amides is 1. The summed E-state index contributed by atoms with van der Waals surface area (Å²) in [7, 11) is 1.30. The highest BCUT2D eigenvalue weighted by molar-refractivity contribution is 5.82. The lowest BCUT2D eigenvalue weighted by molar-refractivity contribution is -0.279. The van der Waals surface area contributed by atoms with Crippen molar-refractivity contribution in [1.29, 1.82) is 0 Å². The van der Waals surface area contributed by atoms with Crippen molar-refractivity contribution in [2.45, 2.75) is 51.4 Å². The second-order valence-corrected chi connectivity index (χ2v) is 4.98. The Morgan fingerprint density at radius 1 is 1.24 bits per heavy atom. The topological polar surface area (TPSA) is 65.1 Å². The van der Waals surface area contributed by atoms with E-state index in [0.29, 0.717) is 0 Å². The maximum Gasteiger partial charge on any atom is 0.340 e. The second-order valence-electron chi connectivity index (χ2n) is 4.98. The summed E-state index contributed by atoms with van der Waals surface area (Å²) in [6, 6.07) is 0. The van der Waals surface area contributed by atoms with E-state index >= 15 is 0 Å². The van der Waals surface area contributed by atoms with Gasteiger partial charge in [-0.25, -0.2) is 4.79 Å². The summed E-state index contributed by atoms with van der Waals surface area (Å²) in [5.74, 6) is -0.630. The third kappa shape index (κ3) is 1.47. The summed E-state index contributed by atoms with van der Waals surface area (Å²) >= 11 is 0. The van der Waals surface area contributed by atoms with E-state index < -0.39 is 29.6 Å². The predicted octanol–water partition coefficient (Wildman–Crippen LogP) is 0.258. The molecule has 96 valence electrons. The average molecular weight is 243 g/mol. The fourth-order valence-corrected chi connectivity index (χ4v) is 2.54. The number of nitrogens with zero attached hydrogens (tertiary/aromatic N) is 1. The normalized spacial score (nSPS) is 38.3. The van der Waals surface area contributed by atoms with E-state index in [4.69, 9.17) is 9.47 Å². The summed E-state index contributed by atoms with van der Waals surface area (Å²) in [5, 5.41) is 0. The summed E-state index contributed by atoms with van der Waals surface area (Å²) in [5.41, 5.74) is -1.90. The summed E-state index contributed by atoms with van der Waals surface area (Å²) < 4.78 is 15.9. The van der Waals surface area contributed by atoms with E-state index in [1.54, 1.807) is 20.8 Å². The van der Waals surface area contributed by atoms with Crippen LogP contribution in [0.15, 0.2) is 0 Å². The molecular formula is C11H17NO5. The largest absolute Gasteiger partial charge is 0.467 e. The van der Waals surface area contributed by atoms with Crippen LogP contribution in [0.4, 0.5) is 0 Å². The molecule has 3 atom stereocenters. The molecule has 0 aromatic rings. The van der Waals surface area contributed by atoms with Gasteiger partial charge in [-0.05, 0) is 20.8 Å². The first kappa shape index (κ1) is 12.3. The van der Waals surface area contributed by atoms with Gasteiger partial charge in [-0.1, -0.05) is 0 Å². The maximum atomic E-state index is 11.6. The van der Waals surface area contributed by atoms with Crippen molar-refractivity contribution in [2.24, 2.45) is 0 Å². The third-order valence-corrected chi connectivity index (χ3v) is 3.35. The number of carbonyl (C=O) groups is 2. The lowest BCUT2D eigenvalue weighted by Crippen LogP contribution is -2.69. The van der Waals surface area contributed by atoms with Crippen LogP contribution >= 0.6 is 0 Å². The summed E-state index contributed by atoms with van der Waals surface area (Å²) in [6.07, 6.45) is -0.986. The minimum Gasteiger partial charge on any atom is -0.467 e. The van der Waals surface area contributed by atoms with Gasteiger partial charge in [0.25, 0.3) is 0 Å². The Balaban J connectivity index is 2.25. The quantitative estimate of drug-likeness (QED) is 0.618.